The summed E-state index contributed by atoms with van der Waals surface area (Å²) in [6, 6.07) is 7.48. The van der Waals surface area contributed by atoms with Crippen molar-refractivity contribution in [1.29, 1.82) is 0 Å². The van der Waals surface area contributed by atoms with Gasteiger partial charge in [0.1, 0.15) is 5.69 Å². The van der Waals surface area contributed by atoms with Gasteiger partial charge < -0.3 is 19.9 Å². The number of aryl methyl sites for hydroxylation is 1. The van der Waals surface area contributed by atoms with Gasteiger partial charge in [-0.25, -0.2) is 4.98 Å². The normalized spacial score (nSPS) is 14.3. The van der Waals surface area contributed by atoms with Crippen molar-refractivity contribution in [2.45, 2.75) is 6.92 Å². The van der Waals surface area contributed by atoms with Crippen molar-refractivity contribution >= 4 is 23.4 Å². The van der Waals surface area contributed by atoms with E-state index in [1.54, 1.807) is 12.3 Å². The van der Waals surface area contributed by atoms with Crippen LogP contribution in [0.3, 0.4) is 0 Å². The van der Waals surface area contributed by atoms with Gasteiger partial charge in [0.25, 0.3) is 5.91 Å². The quantitative estimate of drug-likeness (QED) is 0.916. The molecule has 7 heteroatoms. The average molecular weight is 341 g/mol. The van der Waals surface area contributed by atoms with Crippen LogP contribution in [0.1, 0.15) is 15.9 Å². The van der Waals surface area contributed by atoms with Crippen molar-refractivity contribution in [1.82, 2.24) is 9.97 Å². The lowest BCUT2D eigenvalue weighted by atomic mass is 10.1. The Morgan fingerprint density at radius 1 is 1.28 bits per heavy atom. The second-order valence-electron chi connectivity index (χ2n) is 6.22. The molecule has 1 saturated heterocycles. The van der Waals surface area contributed by atoms with Crippen molar-refractivity contribution in [2.75, 3.05) is 55.5 Å². The molecule has 1 aliphatic heterocycles. The van der Waals surface area contributed by atoms with Crippen LogP contribution >= 0.6 is 0 Å². The van der Waals surface area contributed by atoms with Gasteiger partial charge in [0.15, 0.2) is 5.82 Å². The minimum absolute atomic E-state index is 0.172. The van der Waals surface area contributed by atoms with Gasteiger partial charge in [-0.05, 0) is 19.1 Å². The van der Waals surface area contributed by atoms with Gasteiger partial charge in [-0.1, -0.05) is 17.7 Å². The maximum atomic E-state index is 12.5. The maximum Gasteiger partial charge on any atom is 0.255 e. The Kier molecular flexibility index (Phi) is 5.14. The topological polar surface area (TPSA) is 70.6 Å². The number of nitrogens with one attached hydrogen (secondary N) is 1. The summed E-state index contributed by atoms with van der Waals surface area (Å²) in [6.07, 6.45) is 1.67. The van der Waals surface area contributed by atoms with Gasteiger partial charge in [-0.3, -0.25) is 4.79 Å². The Labute approximate surface area is 147 Å². The lowest BCUT2D eigenvalue weighted by Gasteiger charge is -2.28. The summed E-state index contributed by atoms with van der Waals surface area (Å²) in [4.78, 5) is 25.5. The summed E-state index contributed by atoms with van der Waals surface area (Å²) in [6.45, 7) is 4.84. The zero-order chi connectivity index (χ0) is 17.8. The van der Waals surface area contributed by atoms with E-state index in [1.807, 2.05) is 44.1 Å². The smallest absolute Gasteiger partial charge is 0.255 e. The molecule has 2 aromatic rings. The zero-order valence-electron chi connectivity index (χ0n) is 14.8. The Hall–Kier alpha value is -2.67. The molecule has 132 valence electrons. The van der Waals surface area contributed by atoms with Crippen molar-refractivity contribution in [2.24, 2.45) is 0 Å². The Bertz CT molecular complexity index is 757. The summed E-state index contributed by atoms with van der Waals surface area (Å²) in [7, 11) is 3.79. The summed E-state index contributed by atoms with van der Waals surface area (Å²) in [5.74, 6) is 1.16. The number of nitrogens with zero attached hydrogens (tertiary/aromatic N) is 4. The second kappa shape index (κ2) is 7.48. The summed E-state index contributed by atoms with van der Waals surface area (Å²) in [5, 5.41) is 2.92. The highest BCUT2D eigenvalue weighted by Crippen LogP contribution is 2.24. The van der Waals surface area contributed by atoms with Gasteiger partial charge in [0, 0.05) is 32.7 Å². The van der Waals surface area contributed by atoms with Gasteiger partial charge in [-0.15, -0.1) is 0 Å². The Balaban J connectivity index is 1.84. The van der Waals surface area contributed by atoms with Crippen LogP contribution in [0, 0.1) is 6.92 Å². The molecule has 1 fully saturated rings. The predicted molar refractivity (Wildman–Crippen MR) is 98.5 cm³/mol. The van der Waals surface area contributed by atoms with Crippen LogP contribution in [0.4, 0.5) is 17.5 Å². The maximum absolute atomic E-state index is 12.5. The molecule has 25 heavy (non-hydrogen) atoms. The number of carbonyl (C=O) groups excluding carboxylic acids is 1. The van der Waals surface area contributed by atoms with Crippen LogP contribution in [0.5, 0.6) is 0 Å². The Morgan fingerprint density at radius 2 is 2.04 bits per heavy atom. The fraction of sp³-hybridized carbons (Fsp3) is 0.389. The van der Waals surface area contributed by atoms with E-state index >= 15 is 0 Å². The molecule has 1 aromatic carbocycles. The van der Waals surface area contributed by atoms with Gasteiger partial charge in [-0.2, -0.15) is 4.98 Å². The third kappa shape index (κ3) is 4.06. The van der Waals surface area contributed by atoms with E-state index in [-0.39, 0.29) is 5.91 Å². The third-order valence-corrected chi connectivity index (χ3v) is 4.00. The summed E-state index contributed by atoms with van der Waals surface area (Å²) >= 11 is 0. The zero-order valence-corrected chi connectivity index (χ0v) is 14.8. The highest BCUT2D eigenvalue weighted by atomic mass is 16.5. The van der Waals surface area contributed by atoms with Crippen LogP contribution in [-0.4, -0.2) is 56.3 Å². The number of hydrogen-bond acceptors (Lipinski definition) is 6. The molecule has 0 radical (unpaired) electrons. The lowest BCUT2D eigenvalue weighted by Crippen LogP contribution is -2.37. The molecule has 2 heterocycles. The van der Waals surface area contributed by atoms with Crippen molar-refractivity contribution in [3.63, 3.8) is 0 Å². The molecule has 1 N–H and O–H groups in total. The molecule has 0 unspecified atom stereocenters. The van der Waals surface area contributed by atoms with Crippen molar-refractivity contribution in [3.8, 4) is 0 Å². The summed E-state index contributed by atoms with van der Waals surface area (Å²) < 4.78 is 5.37. The number of morpholine rings is 1. The minimum Gasteiger partial charge on any atom is -0.378 e. The molecule has 0 atom stereocenters. The van der Waals surface area contributed by atoms with Crippen molar-refractivity contribution < 1.29 is 9.53 Å². The molecule has 1 aliphatic rings. The number of ether oxygens (including phenoxy) is 1. The highest BCUT2D eigenvalue weighted by Gasteiger charge is 2.18. The molecule has 3 rings (SSSR count). The average Bonchev–Trinajstić information content (AvgIpc) is 2.62. The van der Waals surface area contributed by atoms with E-state index in [1.165, 1.54) is 0 Å². The van der Waals surface area contributed by atoms with E-state index < -0.39 is 0 Å². The number of hydrogen-bond donors (Lipinski definition) is 1. The van der Waals surface area contributed by atoms with E-state index in [2.05, 4.69) is 20.2 Å². The first-order valence-corrected chi connectivity index (χ1v) is 8.29. The third-order valence-electron chi connectivity index (χ3n) is 4.00. The largest absolute Gasteiger partial charge is 0.378 e. The molecule has 0 spiro atoms. The van der Waals surface area contributed by atoms with Crippen molar-refractivity contribution in [3.05, 3.63) is 41.6 Å². The fourth-order valence-electron chi connectivity index (χ4n) is 2.69. The van der Waals surface area contributed by atoms with Gasteiger partial charge >= 0.3 is 0 Å². The molecule has 0 saturated carbocycles. The van der Waals surface area contributed by atoms with Crippen LogP contribution < -0.4 is 15.1 Å². The summed E-state index contributed by atoms with van der Waals surface area (Å²) in [5.41, 5.74) is 2.25. The fourth-order valence-corrected chi connectivity index (χ4v) is 2.69. The first-order valence-electron chi connectivity index (χ1n) is 8.29. The molecule has 0 bridgehead atoms. The van der Waals surface area contributed by atoms with Crippen LogP contribution in [0.15, 0.2) is 30.5 Å². The molecule has 1 amide bonds. The predicted octanol–water partition coefficient (Wildman–Crippen LogP) is 1.94. The molecular weight excluding hydrogens is 318 g/mol. The minimum atomic E-state index is -0.172. The van der Waals surface area contributed by atoms with E-state index in [0.717, 1.165) is 18.7 Å². The SMILES string of the molecule is Cc1cccc(C(=O)Nc2cnc(N3CCOCC3)nc2N(C)C)c1. The van der Waals surface area contributed by atoms with Gasteiger partial charge in [0.2, 0.25) is 5.95 Å². The van der Waals surface area contributed by atoms with Crippen LogP contribution in [-0.2, 0) is 4.74 Å². The number of rotatable bonds is 4. The number of aromatic nitrogens is 2. The Morgan fingerprint density at radius 3 is 2.72 bits per heavy atom. The number of benzene rings is 1. The highest BCUT2D eigenvalue weighted by molar-refractivity contribution is 6.05. The monoisotopic (exact) mass is 341 g/mol. The standard InChI is InChI=1S/C18H23N5O2/c1-13-5-4-6-14(11-13)17(24)20-15-12-19-18(21-16(15)22(2)3)23-7-9-25-10-8-23/h4-6,11-12H,7-10H2,1-3H3,(H,20,24). The van der Waals surface area contributed by atoms with E-state index in [9.17, 15) is 4.79 Å². The van der Waals surface area contributed by atoms with Crippen LogP contribution in [0.2, 0.25) is 0 Å². The molecular formula is C18H23N5O2. The van der Waals surface area contributed by atoms with Gasteiger partial charge in [0.05, 0.1) is 19.4 Å². The molecule has 7 nitrogen and oxygen atoms in total. The van der Waals surface area contributed by atoms with E-state index in [0.29, 0.717) is 36.2 Å². The lowest BCUT2D eigenvalue weighted by molar-refractivity contribution is 0.102. The molecule has 0 aliphatic carbocycles. The number of anilines is 3. The van der Waals surface area contributed by atoms with Crippen LogP contribution in [0.25, 0.3) is 0 Å². The number of carbonyl (C=O) groups is 1. The molecule has 1 aromatic heterocycles. The second-order valence-corrected chi connectivity index (χ2v) is 6.22. The first kappa shape index (κ1) is 17.2. The van der Waals surface area contributed by atoms with E-state index in [4.69, 9.17) is 4.74 Å². The first-order chi connectivity index (χ1) is 12.0. The number of amides is 1.